The van der Waals surface area contributed by atoms with Crippen molar-refractivity contribution in [3.8, 4) is 5.75 Å². The maximum atomic E-state index is 12.1. The molecular weight excluding hydrogens is 386 g/mol. The minimum Gasteiger partial charge on any atom is -0.496 e. The molecule has 0 heterocycles. The van der Waals surface area contributed by atoms with E-state index >= 15 is 0 Å². The van der Waals surface area contributed by atoms with Crippen LogP contribution in [0.25, 0.3) is 0 Å². The Morgan fingerprint density at radius 3 is 2.48 bits per heavy atom. The Hall–Kier alpha value is -2.38. The molecule has 0 aromatic heterocycles. The summed E-state index contributed by atoms with van der Waals surface area (Å²) < 4.78 is 6.10. The topological polar surface area (TPSA) is 98.0 Å². The van der Waals surface area contributed by atoms with Crippen molar-refractivity contribution in [2.24, 2.45) is 5.73 Å². The number of anilines is 1. The number of ether oxygens (including phenoxy) is 1. The molecule has 0 bridgehead atoms. The van der Waals surface area contributed by atoms with Crippen molar-refractivity contribution in [3.63, 3.8) is 0 Å². The van der Waals surface area contributed by atoms with E-state index in [0.29, 0.717) is 11.3 Å². The number of nitrogens with two attached hydrogens (primary N) is 2. The van der Waals surface area contributed by atoms with Crippen LogP contribution in [0, 0.1) is 0 Å². The number of halogens is 1. The van der Waals surface area contributed by atoms with Gasteiger partial charge in [-0.25, -0.2) is 0 Å². The van der Waals surface area contributed by atoms with Crippen LogP contribution in [0.5, 0.6) is 5.75 Å². The lowest BCUT2D eigenvalue weighted by atomic mass is 10.1. The van der Waals surface area contributed by atoms with E-state index < -0.39 is 5.91 Å². The van der Waals surface area contributed by atoms with Crippen LogP contribution in [-0.4, -0.2) is 25.5 Å². The molecule has 2 aromatic rings. The monoisotopic (exact) mass is 406 g/mol. The molecule has 0 spiro atoms. The van der Waals surface area contributed by atoms with Crippen molar-refractivity contribution in [1.82, 2.24) is 0 Å². The number of nitrogens with one attached hydrogen (secondary N) is 1. The summed E-state index contributed by atoms with van der Waals surface area (Å²) in [5.74, 6) is 0.157. The summed E-state index contributed by atoms with van der Waals surface area (Å²) in [6.07, 6.45) is 0. The fourth-order valence-electron chi connectivity index (χ4n) is 2.32. The lowest BCUT2D eigenvalue weighted by Gasteiger charge is -2.13. The van der Waals surface area contributed by atoms with Gasteiger partial charge in [0.05, 0.1) is 11.6 Å². The van der Waals surface area contributed by atoms with Crippen molar-refractivity contribution in [2.45, 2.75) is 13.0 Å². The standard InChI is InChI=1S/C18H20BrN3O3/c1-11(13-5-8-16(25-2)15(19)9-13)21-10-17(23)22-14-6-3-12(4-7-14)18(20)24/h3-9,11,21H,10H2,1-2H3,(H2,20,24)(H,22,23)/p+1/t11-/m1/s1. The molecule has 2 amide bonds. The number of carbonyl (C=O) groups excluding carboxylic acids is 2. The smallest absolute Gasteiger partial charge is 0.279 e. The van der Waals surface area contributed by atoms with Gasteiger partial charge in [-0.2, -0.15) is 0 Å². The fourth-order valence-corrected chi connectivity index (χ4v) is 2.87. The minimum atomic E-state index is -0.495. The van der Waals surface area contributed by atoms with Gasteiger partial charge >= 0.3 is 0 Å². The van der Waals surface area contributed by atoms with Crippen LogP contribution in [0.3, 0.4) is 0 Å². The Balaban J connectivity index is 1.88. The molecule has 0 fully saturated rings. The van der Waals surface area contributed by atoms with Gasteiger partial charge in [0.2, 0.25) is 5.91 Å². The zero-order valence-electron chi connectivity index (χ0n) is 14.1. The van der Waals surface area contributed by atoms with Gasteiger partial charge in [0, 0.05) is 16.8 Å². The molecule has 2 aromatic carbocycles. The molecule has 7 heteroatoms. The first-order valence-corrected chi connectivity index (χ1v) is 8.56. The third kappa shape index (κ3) is 5.30. The first kappa shape index (κ1) is 19.0. The summed E-state index contributed by atoms with van der Waals surface area (Å²) in [4.78, 5) is 23.1. The van der Waals surface area contributed by atoms with Crippen LogP contribution >= 0.6 is 15.9 Å². The van der Waals surface area contributed by atoms with Crippen LogP contribution < -0.4 is 21.1 Å². The summed E-state index contributed by atoms with van der Waals surface area (Å²) >= 11 is 3.46. The Kier molecular flexibility index (Phi) is 6.55. The number of rotatable bonds is 7. The zero-order chi connectivity index (χ0) is 18.4. The molecular formula is C18H21BrN3O3+. The highest BCUT2D eigenvalue weighted by molar-refractivity contribution is 9.10. The molecule has 0 aliphatic rings. The van der Waals surface area contributed by atoms with Crippen LogP contribution in [-0.2, 0) is 4.79 Å². The molecule has 0 radical (unpaired) electrons. The summed E-state index contributed by atoms with van der Waals surface area (Å²) in [5, 5.41) is 4.74. The van der Waals surface area contributed by atoms with Crippen LogP contribution in [0.2, 0.25) is 0 Å². The Bertz CT molecular complexity index is 763. The molecule has 0 saturated carbocycles. The summed E-state index contributed by atoms with van der Waals surface area (Å²) in [5.41, 5.74) is 7.31. The highest BCUT2D eigenvalue weighted by Crippen LogP contribution is 2.27. The molecule has 0 aliphatic heterocycles. The SMILES string of the molecule is COc1ccc([C@@H](C)[NH2+]CC(=O)Nc2ccc(C(N)=O)cc2)cc1Br. The van der Waals surface area contributed by atoms with E-state index in [1.54, 1.807) is 31.4 Å². The molecule has 25 heavy (non-hydrogen) atoms. The van der Waals surface area contributed by atoms with Gasteiger partial charge in [-0.3, -0.25) is 9.59 Å². The minimum absolute atomic E-state index is 0.116. The number of primary amides is 1. The first-order valence-electron chi connectivity index (χ1n) is 7.77. The second-order valence-electron chi connectivity index (χ2n) is 5.61. The van der Waals surface area contributed by atoms with E-state index in [9.17, 15) is 9.59 Å². The van der Waals surface area contributed by atoms with Crippen molar-refractivity contribution < 1.29 is 19.6 Å². The molecule has 132 valence electrons. The number of amides is 2. The van der Waals surface area contributed by atoms with E-state index in [-0.39, 0.29) is 18.5 Å². The second kappa shape index (κ2) is 8.64. The predicted molar refractivity (Wildman–Crippen MR) is 99.5 cm³/mol. The van der Waals surface area contributed by atoms with Crippen molar-refractivity contribution in [3.05, 3.63) is 58.1 Å². The second-order valence-corrected chi connectivity index (χ2v) is 6.47. The maximum Gasteiger partial charge on any atom is 0.279 e. The van der Waals surface area contributed by atoms with Gasteiger partial charge in [-0.1, -0.05) is 0 Å². The zero-order valence-corrected chi connectivity index (χ0v) is 15.7. The quantitative estimate of drug-likeness (QED) is 0.653. The van der Waals surface area contributed by atoms with Gasteiger partial charge in [0.15, 0.2) is 6.54 Å². The summed E-state index contributed by atoms with van der Waals surface area (Å²) in [7, 11) is 1.62. The molecule has 6 nitrogen and oxygen atoms in total. The van der Waals surface area contributed by atoms with Crippen LogP contribution in [0.15, 0.2) is 46.9 Å². The summed E-state index contributed by atoms with van der Waals surface area (Å²) in [6, 6.07) is 12.4. The van der Waals surface area contributed by atoms with Crippen molar-refractivity contribution in [1.29, 1.82) is 0 Å². The van der Waals surface area contributed by atoms with Gasteiger partial charge in [0.25, 0.3) is 5.91 Å². The average Bonchev–Trinajstić information content (AvgIpc) is 2.60. The maximum absolute atomic E-state index is 12.1. The molecule has 5 N–H and O–H groups in total. The third-order valence-electron chi connectivity index (χ3n) is 3.81. The van der Waals surface area contributed by atoms with E-state index in [1.807, 2.05) is 30.4 Å². The number of hydrogen-bond donors (Lipinski definition) is 3. The Morgan fingerprint density at radius 1 is 1.24 bits per heavy atom. The highest BCUT2D eigenvalue weighted by Gasteiger charge is 2.13. The van der Waals surface area contributed by atoms with E-state index in [1.165, 1.54) is 0 Å². The van der Waals surface area contributed by atoms with Crippen molar-refractivity contribution in [2.75, 3.05) is 19.0 Å². The third-order valence-corrected chi connectivity index (χ3v) is 4.43. The van der Waals surface area contributed by atoms with Gasteiger partial charge < -0.3 is 21.1 Å². The number of hydrogen-bond acceptors (Lipinski definition) is 3. The van der Waals surface area contributed by atoms with E-state index in [2.05, 4.69) is 21.2 Å². The number of methoxy groups -OCH3 is 1. The predicted octanol–water partition coefficient (Wildman–Crippen LogP) is 1.82. The Labute approximate surface area is 154 Å². The van der Waals surface area contributed by atoms with Crippen LogP contribution in [0.1, 0.15) is 28.9 Å². The lowest BCUT2D eigenvalue weighted by Crippen LogP contribution is -2.86. The number of quaternary nitrogens is 1. The van der Waals surface area contributed by atoms with Gasteiger partial charge in [-0.15, -0.1) is 0 Å². The van der Waals surface area contributed by atoms with Crippen molar-refractivity contribution >= 4 is 33.4 Å². The average molecular weight is 407 g/mol. The van der Waals surface area contributed by atoms with E-state index in [4.69, 9.17) is 10.5 Å². The first-order chi connectivity index (χ1) is 11.9. The normalized spacial score (nSPS) is 11.6. The van der Waals surface area contributed by atoms with Crippen LogP contribution in [0.4, 0.5) is 5.69 Å². The van der Waals surface area contributed by atoms with Gasteiger partial charge in [0.1, 0.15) is 11.8 Å². The highest BCUT2D eigenvalue weighted by atomic mass is 79.9. The number of carbonyl (C=O) groups is 2. The molecule has 0 aliphatic carbocycles. The van der Waals surface area contributed by atoms with Gasteiger partial charge in [-0.05, 0) is 65.3 Å². The number of benzene rings is 2. The molecule has 1 atom stereocenters. The molecule has 0 saturated heterocycles. The molecule has 2 rings (SSSR count). The molecule has 0 unspecified atom stereocenters. The fraction of sp³-hybridized carbons (Fsp3) is 0.222. The lowest BCUT2D eigenvalue weighted by molar-refractivity contribution is -0.682. The largest absolute Gasteiger partial charge is 0.496 e. The van der Waals surface area contributed by atoms with E-state index in [0.717, 1.165) is 15.8 Å². The Morgan fingerprint density at radius 2 is 1.92 bits per heavy atom. The summed E-state index contributed by atoms with van der Waals surface area (Å²) in [6.45, 7) is 2.31.